The van der Waals surface area contributed by atoms with E-state index < -0.39 is 5.60 Å². The number of guanidine groups is 1. The molecule has 1 atom stereocenters. The molecule has 0 bridgehead atoms. The third kappa shape index (κ3) is 4.40. The van der Waals surface area contributed by atoms with E-state index in [9.17, 15) is 5.11 Å². The van der Waals surface area contributed by atoms with E-state index >= 15 is 0 Å². The second-order valence-corrected chi connectivity index (χ2v) is 7.53. The van der Waals surface area contributed by atoms with Crippen molar-refractivity contribution in [3.63, 3.8) is 0 Å². The summed E-state index contributed by atoms with van der Waals surface area (Å²) in [6.45, 7) is 5.46. The number of hydrogen-bond donors (Lipinski definition) is 3. The van der Waals surface area contributed by atoms with Gasteiger partial charge in [-0.3, -0.25) is 0 Å². The molecule has 0 spiro atoms. The third-order valence-electron chi connectivity index (χ3n) is 4.83. The number of hydrogen-bond acceptors (Lipinski definition) is 3. The minimum atomic E-state index is -1.14. The van der Waals surface area contributed by atoms with Crippen LogP contribution >= 0.6 is 11.6 Å². The van der Waals surface area contributed by atoms with Crippen molar-refractivity contribution >= 4 is 17.6 Å². The molecule has 1 heterocycles. The molecular weight excluding hydrogens is 350 g/mol. The molecule has 1 fully saturated rings. The number of aliphatic imine (C=N–C) groups is 1. The third-order valence-corrected chi connectivity index (χ3v) is 5.06. The second-order valence-electron chi connectivity index (χ2n) is 7.09. The Hall–Kier alpha value is -1.98. The topological polar surface area (TPSA) is 69.8 Å². The van der Waals surface area contributed by atoms with E-state index in [1.165, 1.54) is 5.56 Å². The van der Waals surface area contributed by atoms with Crippen molar-refractivity contribution in [2.45, 2.75) is 37.7 Å². The van der Waals surface area contributed by atoms with Crippen LogP contribution < -0.4 is 10.6 Å². The van der Waals surface area contributed by atoms with Crippen LogP contribution in [-0.4, -0.2) is 30.7 Å². The van der Waals surface area contributed by atoms with E-state index in [0.29, 0.717) is 11.7 Å². The Balaban J connectivity index is 1.65. The number of rotatable bonds is 7. The Kier molecular flexibility index (Phi) is 5.58. The largest absolute Gasteiger partial charge is 0.466 e. The highest BCUT2D eigenvalue weighted by atomic mass is 35.5. The number of aliphatic hydroxyl groups is 1. The molecule has 1 aromatic heterocycles. The monoisotopic (exact) mass is 375 g/mol. The van der Waals surface area contributed by atoms with Crippen molar-refractivity contribution in [3.8, 4) is 0 Å². The zero-order chi connectivity index (χ0) is 18.6. The normalized spacial score (nSPS) is 18.2. The maximum atomic E-state index is 10.6. The Morgan fingerprint density at radius 2 is 2.12 bits per heavy atom. The second kappa shape index (κ2) is 7.72. The van der Waals surface area contributed by atoms with Gasteiger partial charge in [0.25, 0.3) is 0 Å². The van der Waals surface area contributed by atoms with E-state index in [1.54, 1.807) is 25.3 Å². The molecule has 0 amide bonds. The van der Waals surface area contributed by atoms with Gasteiger partial charge < -0.3 is 20.2 Å². The van der Waals surface area contributed by atoms with Gasteiger partial charge in [0.1, 0.15) is 11.4 Å². The molecule has 0 saturated heterocycles. The van der Waals surface area contributed by atoms with Gasteiger partial charge in [-0.05, 0) is 56.5 Å². The lowest BCUT2D eigenvalue weighted by Gasteiger charge is -2.21. The minimum absolute atomic E-state index is 0.116. The Morgan fingerprint density at radius 3 is 2.73 bits per heavy atom. The minimum Gasteiger partial charge on any atom is -0.466 e. The van der Waals surface area contributed by atoms with Crippen LogP contribution in [-0.2, 0) is 11.0 Å². The van der Waals surface area contributed by atoms with Crippen LogP contribution in [0.4, 0.5) is 0 Å². The summed E-state index contributed by atoms with van der Waals surface area (Å²) in [6, 6.07) is 11.6. The molecule has 1 aromatic carbocycles. The summed E-state index contributed by atoms with van der Waals surface area (Å²) in [7, 11) is 0. The number of nitrogens with one attached hydrogen (secondary N) is 2. The van der Waals surface area contributed by atoms with Crippen molar-refractivity contribution in [2.24, 2.45) is 4.99 Å². The van der Waals surface area contributed by atoms with Crippen LogP contribution in [0.25, 0.3) is 0 Å². The predicted octanol–water partition coefficient (Wildman–Crippen LogP) is 3.43. The van der Waals surface area contributed by atoms with Crippen LogP contribution in [0.1, 0.15) is 38.0 Å². The van der Waals surface area contributed by atoms with E-state index in [2.05, 4.69) is 21.7 Å². The van der Waals surface area contributed by atoms with Crippen molar-refractivity contribution in [3.05, 3.63) is 59.0 Å². The Labute approximate surface area is 159 Å². The van der Waals surface area contributed by atoms with Gasteiger partial charge in [0.05, 0.1) is 12.8 Å². The fourth-order valence-corrected chi connectivity index (χ4v) is 3.22. The first-order valence-corrected chi connectivity index (χ1v) is 9.38. The van der Waals surface area contributed by atoms with Gasteiger partial charge in [-0.1, -0.05) is 23.7 Å². The molecule has 3 N–H and O–H groups in total. The standard InChI is InChI=1S/C20H26ClN3O2/c1-3-22-18(23-13-19(2,25)17-8-5-11-26-17)24-14-20(9-10-20)15-6-4-7-16(21)12-15/h4-8,11-12,25H,3,9-10,13-14H2,1-2H3,(H2,22,23,24). The highest BCUT2D eigenvalue weighted by molar-refractivity contribution is 6.30. The molecule has 140 valence electrons. The lowest BCUT2D eigenvalue weighted by molar-refractivity contribution is 0.0437. The average Bonchev–Trinajstić information content (AvgIpc) is 3.19. The summed E-state index contributed by atoms with van der Waals surface area (Å²) >= 11 is 6.15. The van der Waals surface area contributed by atoms with Crippen LogP contribution in [0.2, 0.25) is 5.02 Å². The van der Waals surface area contributed by atoms with Crippen molar-refractivity contribution in [2.75, 3.05) is 19.6 Å². The first-order chi connectivity index (χ1) is 12.5. The van der Waals surface area contributed by atoms with Crippen LogP contribution in [0.5, 0.6) is 0 Å². The Bertz CT molecular complexity index is 752. The predicted molar refractivity (Wildman–Crippen MR) is 105 cm³/mol. The van der Waals surface area contributed by atoms with Gasteiger partial charge in [0.15, 0.2) is 5.96 Å². The molecule has 1 aliphatic carbocycles. The summed E-state index contributed by atoms with van der Waals surface area (Å²) in [5.41, 5.74) is 0.233. The smallest absolute Gasteiger partial charge is 0.191 e. The van der Waals surface area contributed by atoms with Crippen molar-refractivity contribution < 1.29 is 9.52 Å². The van der Waals surface area contributed by atoms with Gasteiger partial charge in [-0.15, -0.1) is 0 Å². The molecule has 5 nitrogen and oxygen atoms in total. The number of halogens is 1. The molecule has 1 aliphatic rings. The summed E-state index contributed by atoms with van der Waals surface area (Å²) in [6.07, 6.45) is 3.81. The van der Waals surface area contributed by atoms with Crippen molar-refractivity contribution in [1.29, 1.82) is 0 Å². The Morgan fingerprint density at radius 1 is 1.31 bits per heavy atom. The highest BCUT2D eigenvalue weighted by Gasteiger charge is 2.44. The van der Waals surface area contributed by atoms with E-state index in [0.717, 1.165) is 31.0 Å². The van der Waals surface area contributed by atoms with Crippen LogP contribution in [0, 0.1) is 0 Å². The summed E-state index contributed by atoms with van der Waals surface area (Å²) in [5.74, 6) is 1.20. The average molecular weight is 376 g/mol. The maximum Gasteiger partial charge on any atom is 0.191 e. The first kappa shape index (κ1) is 18.8. The summed E-state index contributed by atoms with van der Waals surface area (Å²) < 4.78 is 5.31. The van der Waals surface area contributed by atoms with E-state index in [4.69, 9.17) is 16.0 Å². The number of furan rings is 1. The number of benzene rings is 1. The molecule has 1 saturated carbocycles. The van der Waals surface area contributed by atoms with Gasteiger partial charge in [-0.25, -0.2) is 4.99 Å². The molecule has 6 heteroatoms. The molecule has 26 heavy (non-hydrogen) atoms. The van der Waals surface area contributed by atoms with Crippen molar-refractivity contribution in [1.82, 2.24) is 10.6 Å². The summed E-state index contributed by atoms with van der Waals surface area (Å²) in [5, 5.41) is 18.0. The molecular formula is C20H26ClN3O2. The lowest BCUT2D eigenvalue weighted by atomic mass is 9.96. The van der Waals surface area contributed by atoms with Gasteiger partial charge in [0.2, 0.25) is 0 Å². The fourth-order valence-electron chi connectivity index (χ4n) is 3.03. The van der Waals surface area contributed by atoms with E-state index in [1.807, 2.05) is 25.1 Å². The zero-order valence-electron chi connectivity index (χ0n) is 15.3. The maximum absolute atomic E-state index is 10.6. The first-order valence-electron chi connectivity index (χ1n) is 9.00. The van der Waals surface area contributed by atoms with E-state index in [-0.39, 0.29) is 12.0 Å². The molecule has 2 aromatic rings. The quantitative estimate of drug-likeness (QED) is 0.512. The van der Waals surface area contributed by atoms with Crippen LogP contribution in [0.15, 0.2) is 52.1 Å². The fraction of sp³-hybridized carbons (Fsp3) is 0.450. The molecule has 0 radical (unpaired) electrons. The van der Waals surface area contributed by atoms with Gasteiger partial charge >= 0.3 is 0 Å². The molecule has 1 unspecified atom stereocenters. The van der Waals surface area contributed by atoms with Gasteiger partial charge in [-0.2, -0.15) is 0 Å². The van der Waals surface area contributed by atoms with Gasteiger partial charge in [0, 0.05) is 23.5 Å². The number of nitrogens with zero attached hydrogens (tertiary/aromatic N) is 1. The molecule has 0 aliphatic heterocycles. The SMILES string of the molecule is CCNC(=NCC(C)(O)c1ccco1)NCC1(c2cccc(Cl)c2)CC1. The van der Waals surface area contributed by atoms with Crippen LogP contribution in [0.3, 0.4) is 0 Å². The zero-order valence-corrected chi connectivity index (χ0v) is 16.0. The summed E-state index contributed by atoms with van der Waals surface area (Å²) in [4.78, 5) is 4.54. The lowest BCUT2D eigenvalue weighted by Crippen LogP contribution is -2.42. The molecule has 3 rings (SSSR count). The highest BCUT2D eigenvalue weighted by Crippen LogP contribution is 2.48.